The zero-order valence-corrected chi connectivity index (χ0v) is 20.7. The van der Waals surface area contributed by atoms with E-state index in [0.29, 0.717) is 24.4 Å². The maximum atomic E-state index is 12.6. The number of ether oxygens (including phenoxy) is 1. The van der Waals surface area contributed by atoms with Gasteiger partial charge in [0.2, 0.25) is 5.91 Å². The van der Waals surface area contributed by atoms with E-state index in [4.69, 9.17) is 4.74 Å². The van der Waals surface area contributed by atoms with Crippen LogP contribution >= 0.6 is 11.8 Å². The Kier molecular flexibility index (Phi) is 8.53. The first kappa shape index (κ1) is 23.9. The summed E-state index contributed by atoms with van der Waals surface area (Å²) in [5, 5.41) is 16.6. The Hall–Kier alpha value is -2.22. The molecular formula is C25H37N5O2S. The Morgan fingerprint density at radius 1 is 1.12 bits per heavy atom. The number of benzene rings is 1. The van der Waals surface area contributed by atoms with Crippen LogP contribution in [0, 0.1) is 5.92 Å². The van der Waals surface area contributed by atoms with E-state index in [1.165, 1.54) is 43.9 Å². The predicted molar refractivity (Wildman–Crippen MR) is 133 cm³/mol. The van der Waals surface area contributed by atoms with Gasteiger partial charge >= 0.3 is 0 Å². The third-order valence-electron chi connectivity index (χ3n) is 6.91. The van der Waals surface area contributed by atoms with E-state index < -0.39 is 0 Å². The molecule has 2 saturated carbocycles. The molecule has 0 bridgehead atoms. The van der Waals surface area contributed by atoms with E-state index in [1.54, 1.807) is 7.11 Å². The lowest BCUT2D eigenvalue weighted by Crippen LogP contribution is -2.38. The van der Waals surface area contributed by atoms with E-state index in [2.05, 4.69) is 32.3 Å². The number of hydrogen-bond acceptors (Lipinski definition) is 6. The molecule has 1 aromatic heterocycles. The molecule has 33 heavy (non-hydrogen) atoms. The molecular weight excluding hydrogens is 434 g/mol. The molecule has 180 valence electrons. The van der Waals surface area contributed by atoms with Gasteiger partial charge in [0.25, 0.3) is 0 Å². The van der Waals surface area contributed by atoms with Crippen LogP contribution in [0.15, 0.2) is 29.4 Å². The molecule has 0 unspecified atom stereocenters. The molecule has 0 radical (unpaired) electrons. The van der Waals surface area contributed by atoms with Gasteiger partial charge in [-0.2, -0.15) is 0 Å². The van der Waals surface area contributed by atoms with Crippen molar-refractivity contribution in [2.75, 3.05) is 18.2 Å². The molecule has 1 aromatic carbocycles. The Morgan fingerprint density at radius 2 is 1.91 bits per heavy atom. The second-order valence-corrected chi connectivity index (χ2v) is 10.4. The van der Waals surface area contributed by atoms with E-state index in [9.17, 15) is 4.79 Å². The largest absolute Gasteiger partial charge is 0.497 e. The highest BCUT2D eigenvalue weighted by Crippen LogP contribution is 2.33. The number of nitrogens with zero attached hydrogens (tertiary/aromatic N) is 3. The number of nitrogens with one attached hydrogen (secondary N) is 2. The molecule has 8 heteroatoms. The van der Waals surface area contributed by atoms with Crippen LogP contribution in [0.2, 0.25) is 0 Å². The average Bonchev–Trinajstić information content (AvgIpc) is 3.26. The van der Waals surface area contributed by atoms with E-state index in [-0.39, 0.29) is 5.91 Å². The van der Waals surface area contributed by atoms with Crippen LogP contribution in [-0.4, -0.2) is 39.6 Å². The Bertz CT molecular complexity index is 904. The molecule has 1 amide bonds. The summed E-state index contributed by atoms with van der Waals surface area (Å²) >= 11 is 1.52. The summed E-state index contributed by atoms with van der Waals surface area (Å²) in [4.78, 5) is 12.6. The molecule has 4 rings (SSSR count). The lowest BCUT2D eigenvalue weighted by atomic mass is 9.87. The van der Waals surface area contributed by atoms with Crippen molar-refractivity contribution < 1.29 is 9.53 Å². The summed E-state index contributed by atoms with van der Waals surface area (Å²) in [7, 11) is 1.67. The van der Waals surface area contributed by atoms with Crippen molar-refractivity contribution in [1.82, 2.24) is 20.1 Å². The van der Waals surface area contributed by atoms with Crippen molar-refractivity contribution in [1.29, 1.82) is 0 Å². The van der Waals surface area contributed by atoms with Crippen LogP contribution in [0.3, 0.4) is 0 Å². The smallest absolute Gasteiger partial charge is 0.230 e. The predicted octanol–water partition coefficient (Wildman–Crippen LogP) is 5.19. The summed E-state index contributed by atoms with van der Waals surface area (Å²) in [6.07, 6.45) is 10.6. The number of rotatable bonds is 9. The van der Waals surface area contributed by atoms with Crippen LogP contribution in [0.1, 0.15) is 76.6 Å². The monoisotopic (exact) mass is 471 g/mol. The Balaban J connectivity index is 1.40. The maximum Gasteiger partial charge on any atom is 0.230 e. The van der Waals surface area contributed by atoms with E-state index >= 15 is 0 Å². The normalized spacial score (nSPS) is 21.5. The average molecular weight is 472 g/mol. The minimum absolute atomic E-state index is 0.105. The quantitative estimate of drug-likeness (QED) is 0.490. The van der Waals surface area contributed by atoms with Crippen molar-refractivity contribution in [2.45, 2.75) is 88.5 Å². The molecule has 1 heterocycles. The van der Waals surface area contributed by atoms with Gasteiger partial charge in [-0.3, -0.25) is 4.79 Å². The SMILES string of the molecule is COc1cccc(NCc2nnc(SCC(=O)NC3CCC(C)CC3)n2C2CCCCC2)c1. The topological polar surface area (TPSA) is 81.1 Å². The highest BCUT2D eigenvalue weighted by Gasteiger charge is 2.24. The Morgan fingerprint density at radius 3 is 2.67 bits per heavy atom. The third-order valence-corrected chi connectivity index (χ3v) is 7.85. The lowest BCUT2D eigenvalue weighted by Gasteiger charge is -2.27. The molecule has 2 N–H and O–H groups in total. The second kappa shape index (κ2) is 11.8. The van der Waals surface area contributed by atoms with Gasteiger partial charge in [-0.15, -0.1) is 10.2 Å². The summed E-state index contributed by atoms with van der Waals surface area (Å²) in [5.74, 6) is 3.02. The molecule has 2 fully saturated rings. The van der Waals surface area contributed by atoms with E-state index in [0.717, 1.165) is 54.0 Å². The fourth-order valence-corrected chi connectivity index (χ4v) is 5.79. The first-order valence-corrected chi connectivity index (χ1v) is 13.3. The van der Waals surface area contributed by atoms with Crippen molar-refractivity contribution in [3.63, 3.8) is 0 Å². The molecule has 2 aliphatic carbocycles. The standard InChI is InChI=1S/C25H37N5O2S/c1-18-11-13-19(14-12-18)27-24(31)17-33-25-29-28-23(30(25)21-8-4-3-5-9-21)16-26-20-7-6-10-22(15-20)32-2/h6-7,10,15,18-19,21,26H,3-5,8-9,11-14,16-17H2,1-2H3,(H,27,31). The fourth-order valence-electron chi connectivity index (χ4n) is 4.95. The van der Waals surface area contributed by atoms with Crippen molar-refractivity contribution >= 4 is 23.4 Å². The Labute approximate surface area is 201 Å². The van der Waals surface area contributed by atoms with Crippen molar-refractivity contribution in [2.24, 2.45) is 5.92 Å². The lowest BCUT2D eigenvalue weighted by molar-refractivity contribution is -0.119. The summed E-state index contributed by atoms with van der Waals surface area (Å²) < 4.78 is 7.61. The van der Waals surface area contributed by atoms with Gasteiger partial charge in [0, 0.05) is 23.8 Å². The molecule has 0 spiro atoms. The van der Waals surface area contributed by atoms with E-state index in [1.807, 2.05) is 24.3 Å². The van der Waals surface area contributed by atoms with Gasteiger partial charge in [0.1, 0.15) is 5.75 Å². The fraction of sp³-hybridized carbons (Fsp3) is 0.640. The number of aromatic nitrogens is 3. The first-order chi connectivity index (χ1) is 16.1. The molecule has 0 aliphatic heterocycles. The number of methoxy groups -OCH3 is 1. The number of anilines is 1. The third kappa shape index (κ3) is 6.65. The van der Waals surface area contributed by atoms with Gasteiger partial charge in [-0.05, 0) is 56.6 Å². The van der Waals surface area contributed by atoms with Crippen LogP contribution in [0.25, 0.3) is 0 Å². The highest BCUT2D eigenvalue weighted by molar-refractivity contribution is 7.99. The van der Waals surface area contributed by atoms with Gasteiger partial charge in [0.15, 0.2) is 11.0 Å². The zero-order valence-electron chi connectivity index (χ0n) is 19.9. The molecule has 7 nitrogen and oxygen atoms in total. The second-order valence-electron chi connectivity index (χ2n) is 9.46. The van der Waals surface area contributed by atoms with Crippen LogP contribution < -0.4 is 15.4 Å². The molecule has 0 atom stereocenters. The van der Waals surface area contributed by atoms with Crippen LogP contribution in [0.4, 0.5) is 5.69 Å². The minimum atomic E-state index is 0.105. The number of thioether (sulfide) groups is 1. The van der Waals surface area contributed by atoms with Crippen molar-refractivity contribution in [3.05, 3.63) is 30.1 Å². The number of hydrogen-bond donors (Lipinski definition) is 2. The number of amides is 1. The molecule has 2 aliphatic rings. The highest BCUT2D eigenvalue weighted by atomic mass is 32.2. The zero-order chi connectivity index (χ0) is 23.0. The van der Waals surface area contributed by atoms with Gasteiger partial charge in [-0.25, -0.2) is 0 Å². The molecule has 0 saturated heterocycles. The van der Waals surface area contributed by atoms with Crippen LogP contribution in [0.5, 0.6) is 5.75 Å². The van der Waals surface area contributed by atoms with Gasteiger partial charge in [0.05, 0.1) is 19.4 Å². The van der Waals surface area contributed by atoms with Crippen molar-refractivity contribution in [3.8, 4) is 5.75 Å². The minimum Gasteiger partial charge on any atom is -0.497 e. The summed E-state index contributed by atoms with van der Waals surface area (Å²) in [6, 6.07) is 8.64. The van der Waals surface area contributed by atoms with Gasteiger partial charge < -0.3 is 19.9 Å². The number of carbonyl (C=O) groups is 1. The number of carbonyl (C=O) groups excluding carboxylic acids is 1. The maximum absolute atomic E-state index is 12.6. The summed E-state index contributed by atoms with van der Waals surface area (Å²) in [6.45, 7) is 2.89. The molecule has 2 aromatic rings. The van der Waals surface area contributed by atoms with Gasteiger partial charge in [-0.1, -0.05) is 44.0 Å². The first-order valence-electron chi connectivity index (χ1n) is 12.4. The van der Waals surface area contributed by atoms with Crippen LogP contribution in [-0.2, 0) is 11.3 Å². The summed E-state index contributed by atoms with van der Waals surface area (Å²) in [5.41, 5.74) is 0.989.